The fourth-order valence-electron chi connectivity index (χ4n) is 3.97. The van der Waals surface area contributed by atoms with Crippen molar-refractivity contribution < 1.29 is 9.47 Å². The Morgan fingerprint density at radius 3 is 2.47 bits per heavy atom. The second-order valence-corrected chi connectivity index (χ2v) is 7.53. The van der Waals surface area contributed by atoms with Crippen LogP contribution in [0.15, 0.2) is 47.3 Å². The molecule has 9 nitrogen and oxygen atoms in total. The number of aliphatic imine (C=N–C) groups is 1. The highest BCUT2D eigenvalue weighted by atomic mass is 16.5. The lowest BCUT2D eigenvalue weighted by molar-refractivity contribution is 0.355. The zero-order valence-electron chi connectivity index (χ0n) is 20.4. The number of aromatic nitrogens is 2. The van der Waals surface area contributed by atoms with Crippen LogP contribution in [-0.4, -0.2) is 67.8 Å². The lowest BCUT2D eigenvalue weighted by atomic mass is 10.1. The summed E-state index contributed by atoms with van der Waals surface area (Å²) in [7, 11) is 3.23. The molecule has 2 aliphatic rings. The van der Waals surface area contributed by atoms with Gasteiger partial charge in [0.25, 0.3) is 0 Å². The van der Waals surface area contributed by atoms with Gasteiger partial charge in [-0.3, -0.25) is 5.32 Å². The van der Waals surface area contributed by atoms with Crippen molar-refractivity contribution >= 4 is 22.7 Å². The molecule has 1 N–H and O–H groups in total. The SMILES string of the molecule is CC.COc1cc2ncnc(N3CCN(C(=NCC4=CCCC=C4)NC#N)CC3)c2cc1OC. The number of guanidine groups is 1. The van der Waals surface area contributed by atoms with E-state index in [0.29, 0.717) is 24.0 Å². The van der Waals surface area contributed by atoms with Crippen molar-refractivity contribution in [3.05, 3.63) is 42.3 Å². The van der Waals surface area contributed by atoms with Crippen molar-refractivity contribution in [2.75, 3.05) is 51.8 Å². The summed E-state index contributed by atoms with van der Waals surface area (Å²) in [5.74, 6) is 2.76. The average molecular weight is 464 g/mol. The summed E-state index contributed by atoms with van der Waals surface area (Å²) in [6, 6.07) is 3.79. The molecule has 0 radical (unpaired) electrons. The lowest BCUT2D eigenvalue weighted by Gasteiger charge is -2.36. The highest BCUT2D eigenvalue weighted by Crippen LogP contribution is 2.34. The zero-order chi connectivity index (χ0) is 24.3. The van der Waals surface area contributed by atoms with E-state index in [0.717, 1.165) is 55.7 Å². The van der Waals surface area contributed by atoms with Crippen LogP contribution in [0.25, 0.3) is 10.9 Å². The Bertz CT molecular complexity index is 1100. The minimum Gasteiger partial charge on any atom is -0.493 e. The number of nitrogens with zero attached hydrogens (tertiary/aromatic N) is 6. The predicted molar refractivity (Wildman–Crippen MR) is 135 cm³/mol. The van der Waals surface area contributed by atoms with Crippen LogP contribution in [0.3, 0.4) is 0 Å². The molecule has 0 spiro atoms. The number of methoxy groups -OCH3 is 2. The normalized spacial score (nSPS) is 15.7. The van der Waals surface area contributed by atoms with Gasteiger partial charge in [0, 0.05) is 37.6 Å². The van der Waals surface area contributed by atoms with E-state index in [1.807, 2.05) is 32.2 Å². The number of fused-ring (bicyclic) bond motifs is 1. The third-order valence-electron chi connectivity index (χ3n) is 5.65. The van der Waals surface area contributed by atoms with E-state index in [4.69, 9.17) is 9.47 Å². The van der Waals surface area contributed by atoms with Gasteiger partial charge in [0.05, 0.1) is 26.3 Å². The molecule has 1 fully saturated rings. The van der Waals surface area contributed by atoms with Crippen molar-refractivity contribution in [2.24, 2.45) is 4.99 Å². The van der Waals surface area contributed by atoms with Gasteiger partial charge in [0.15, 0.2) is 17.7 Å². The molecule has 1 aromatic heterocycles. The van der Waals surface area contributed by atoms with E-state index < -0.39 is 0 Å². The van der Waals surface area contributed by atoms with E-state index in [2.05, 4.69) is 48.3 Å². The van der Waals surface area contributed by atoms with E-state index >= 15 is 0 Å². The first-order valence-corrected chi connectivity index (χ1v) is 11.6. The zero-order valence-corrected chi connectivity index (χ0v) is 20.4. The Hall–Kier alpha value is -3.80. The molecule has 1 aliphatic carbocycles. The van der Waals surface area contributed by atoms with Crippen LogP contribution in [0, 0.1) is 11.5 Å². The first-order chi connectivity index (χ1) is 16.7. The highest BCUT2D eigenvalue weighted by molar-refractivity contribution is 5.92. The topological polar surface area (TPSA) is 98.9 Å². The Kier molecular flexibility index (Phi) is 9.09. The van der Waals surface area contributed by atoms with Crippen molar-refractivity contribution in [1.29, 1.82) is 5.26 Å². The Labute approximate surface area is 201 Å². The molecule has 0 saturated carbocycles. The summed E-state index contributed by atoms with van der Waals surface area (Å²) in [6.07, 6.45) is 12.2. The number of anilines is 1. The van der Waals surface area contributed by atoms with Gasteiger partial charge in [-0.15, -0.1) is 0 Å². The van der Waals surface area contributed by atoms with E-state index in [-0.39, 0.29) is 0 Å². The fourth-order valence-corrected chi connectivity index (χ4v) is 3.97. The Balaban J connectivity index is 0.00000158. The third kappa shape index (κ3) is 5.76. The van der Waals surface area contributed by atoms with Crippen LogP contribution in [0.5, 0.6) is 11.5 Å². The molecule has 34 heavy (non-hydrogen) atoms. The summed E-state index contributed by atoms with van der Waals surface area (Å²) in [6.45, 7) is 7.51. The van der Waals surface area contributed by atoms with Crippen molar-refractivity contribution in [1.82, 2.24) is 20.2 Å². The van der Waals surface area contributed by atoms with Crippen LogP contribution in [-0.2, 0) is 0 Å². The number of allylic oxidation sites excluding steroid dienone is 2. The van der Waals surface area contributed by atoms with Crippen molar-refractivity contribution in [2.45, 2.75) is 26.7 Å². The second-order valence-electron chi connectivity index (χ2n) is 7.53. The van der Waals surface area contributed by atoms with Gasteiger partial charge in [-0.05, 0) is 24.5 Å². The van der Waals surface area contributed by atoms with Gasteiger partial charge in [-0.2, -0.15) is 5.26 Å². The van der Waals surface area contributed by atoms with Gasteiger partial charge >= 0.3 is 0 Å². The predicted octanol–water partition coefficient (Wildman–Crippen LogP) is 3.50. The molecule has 9 heteroatoms. The van der Waals surface area contributed by atoms with Crippen LogP contribution in [0.4, 0.5) is 5.82 Å². The molecule has 180 valence electrons. The van der Waals surface area contributed by atoms with Crippen LogP contribution >= 0.6 is 0 Å². The molecule has 4 rings (SSSR count). The standard InChI is InChI=1S/C23H27N7O2.C2H6/c1-31-20-12-18-19(13-21(20)32-2)27-16-28-22(18)29-8-10-30(11-9-29)23(26-15-24)25-14-17-6-4-3-5-7-17;1-2/h4,6-7,12-13,16H,3,5,8-11,14H2,1-2H3,(H,25,26);1-2H3. The van der Waals surface area contributed by atoms with Gasteiger partial charge < -0.3 is 19.3 Å². The molecule has 1 aromatic carbocycles. The number of piperazine rings is 1. The first-order valence-electron chi connectivity index (χ1n) is 11.6. The molecule has 2 aromatic rings. The summed E-state index contributed by atoms with van der Waals surface area (Å²) >= 11 is 0. The van der Waals surface area contributed by atoms with Gasteiger partial charge in [-0.25, -0.2) is 15.0 Å². The molecule has 1 aliphatic heterocycles. The molecule has 1 saturated heterocycles. The van der Waals surface area contributed by atoms with E-state index in [1.54, 1.807) is 20.5 Å². The monoisotopic (exact) mass is 463 g/mol. The molecule has 0 bridgehead atoms. The summed E-state index contributed by atoms with van der Waals surface area (Å²) in [5, 5.41) is 12.9. The number of hydrogen-bond donors (Lipinski definition) is 1. The molecule has 0 atom stereocenters. The Morgan fingerprint density at radius 2 is 1.82 bits per heavy atom. The smallest absolute Gasteiger partial charge is 0.207 e. The number of nitriles is 1. The quantitative estimate of drug-likeness (QED) is 0.311. The van der Waals surface area contributed by atoms with Gasteiger partial charge in [0.1, 0.15) is 12.1 Å². The van der Waals surface area contributed by atoms with Crippen molar-refractivity contribution in [3.63, 3.8) is 0 Å². The maximum absolute atomic E-state index is 9.20. The number of rotatable bonds is 5. The minimum absolute atomic E-state index is 0.568. The molecule has 2 heterocycles. The molecule has 0 unspecified atom stereocenters. The van der Waals surface area contributed by atoms with Gasteiger partial charge in [-0.1, -0.05) is 32.1 Å². The summed E-state index contributed by atoms with van der Waals surface area (Å²) in [5.41, 5.74) is 1.99. The maximum Gasteiger partial charge on any atom is 0.207 e. The molecule has 0 amide bonds. The largest absolute Gasteiger partial charge is 0.493 e. The average Bonchev–Trinajstić information content (AvgIpc) is 2.91. The fraction of sp³-hybridized carbons (Fsp3) is 0.440. The Morgan fingerprint density at radius 1 is 1.09 bits per heavy atom. The highest BCUT2D eigenvalue weighted by Gasteiger charge is 2.23. The molecular formula is C25H33N7O2. The maximum atomic E-state index is 9.20. The number of ether oxygens (including phenoxy) is 2. The second kappa shape index (κ2) is 12.4. The number of hydrogen-bond acceptors (Lipinski definition) is 7. The van der Waals surface area contributed by atoms with Crippen LogP contribution in [0.2, 0.25) is 0 Å². The number of benzene rings is 1. The molecular weight excluding hydrogens is 430 g/mol. The van der Waals surface area contributed by atoms with Crippen LogP contribution in [0.1, 0.15) is 26.7 Å². The van der Waals surface area contributed by atoms with Gasteiger partial charge in [0.2, 0.25) is 5.96 Å². The lowest BCUT2D eigenvalue weighted by Crippen LogP contribution is -2.52. The third-order valence-corrected chi connectivity index (χ3v) is 5.65. The summed E-state index contributed by atoms with van der Waals surface area (Å²) in [4.78, 5) is 18.0. The van der Waals surface area contributed by atoms with E-state index in [1.165, 1.54) is 5.57 Å². The summed E-state index contributed by atoms with van der Waals surface area (Å²) < 4.78 is 10.9. The number of nitrogens with one attached hydrogen (secondary N) is 1. The first kappa shape index (κ1) is 24.8. The van der Waals surface area contributed by atoms with Crippen LogP contribution < -0.4 is 19.7 Å². The van der Waals surface area contributed by atoms with Crippen molar-refractivity contribution in [3.8, 4) is 17.7 Å². The van der Waals surface area contributed by atoms with E-state index in [9.17, 15) is 5.26 Å². The minimum atomic E-state index is 0.568.